The van der Waals surface area contributed by atoms with Crippen LogP contribution < -0.4 is 10.1 Å². The molecule has 8 nitrogen and oxygen atoms in total. The van der Waals surface area contributed by atoms with Crippen LogP contribution in [0.15, 0.2) is 30.5 Å². The summed E-state index contributed by atoms with van der Waals surface area (Å²) in [5.74, 6) is 0.719. The Hall–Kier alpha value is -2.87. The van der Waals surface area contributed by atoms with Gasteiger partial charge in [0.25, 0.3) is 0 Å². The van der Waals surface area contributed by atoms with Crippen molar-refractivity contribution in [2.45, 2.75) is 58.0 Å². The third-order valence-corrected chi connectivity index (χ3v) is 7.21. The van der Waals surface area contributed by atoms with Gasteiger partial charge in [-0.1, -0.05) is 12.1 Å². The number of aromatic nitrogens is 2. The van der Waals surface area contributed by atoms with E-state index in [1.54, 1.807) is 6.92 Å². The number of fused-ring (bicyclic) bond motifs is 1. The lowest BCUT2D eigenvalue weighted by molar-refractivity contribution is -0.130. The second kappa shape index (κ2) is 9.95. The number of hydrogen-bond donors (Lipinski definition) is 1. The Kier molecular flexibility index (Phi) is 7.02. The average molecular weight is 454 g/mol. The molecule has 4 rings (SSSR count). The highest BCUT2D eigenvalue weighted by atomic mass is 16.5. The van der Waals surface area contributed by atoms with Gasteiger partial charge in [-0.05, 0) is 57.7 Å². The van der Waals surface area contributed by atoms with E-state index in [0.717, 1.165) is 49.9 Å². The van der Waals surface area contributed by atoms with E-state index in [9.17, 15) is 9.59 Å². The minimum absolute atomic E-state index is 0.0280. The van der Waals surface area contributed by atoms with Gasteiger partial charge in [0.05, 0.1) is 18.4 Å². The SMILES string of the molecule is CC(=O)N1CCCC[C@]2(CCCN2Cc2cnn(C)c2C)C(=O)Nc2ccccc2OCC1. The lowest BCUT2D eigenvalue weighted by Crippen LogP contribution is -2.53. The van der Waals surface area contributed by atoms with Gasteiger partial charge >= 0.3 is 0 Å². The molecule has 0 radical (unpaired) electrons. The minimum atomic E-state index is -0.593. The number of likely N-dealkylation sites (tertiary alicyclic amines) is 1. The number of aryl methyl sites for hydroxylation is 1. The summed E-state index contributed by atoms with van der Waals surface area (Å²) in [5, 5.41) is 7.59. The van der Waals surface area contributed by atoms with E-state index in [-0.39, 0.29) is 11.8 Å². The number of amides is 2. The molecule has 1 aromatic heterocycles. The topological polar surface area (TPSA) is 79.7 Å². The molecule has 0 aliphatic carbocycles. The number of rotatable bonds is 2. The molecule has 1 fully saturated rings. The second-order valence-corrected chi connectivity index (χ2v) is 9.20. The average Bonchev–Trinajstić information content (AvgIpc) is 3.35. The Bertz CT molecular complexity index is 1000. The first-order valence-electron chi connectivity index (χ1n) is 11.9. The van der Waals surface area contributed by atoms with Crippen molar-refractivity contribution in [1.29, 1.82) is 0 Å². The fourth-order valence-electron chi connectivity index (χ4n) is 5.07. The standard InChI is InChI=1S/C25H35N5O3/c1-19-21(17-26-28(19)3)18-30-14-8-12-25(30)11-6-7-13-29(20(2)31)15-16-33-23-10-5-4-9-22(23)27-24(25)32/h4-5,9-10,17H,6-8,11-16,18H2,1-3H3,(H,27,32)/t25-/m0/s1. The van der Waals surface area contributed by atoms with E-state index in [4.69, 9.17) is 4.74 Å². The van der Waals surface area contributed by atoms with Crippen molar-refractivity contribution in [3.05, 3.63) is 41.7 Å². The molecule has 2 aliphatic heterocycles. The molecule has 1 atom stereocenters. The van der Waals surface area contributed by atoms with Crippen molar-refractivity contribution in [2.24, 2.45) is 7.05 Å². The van der Waals surface area contributed by atoms with Gasteiger partial charge in [0, 0.05) is 38.3 Å². The summed E-state index contributed by atoms with van der Waals surface area (Å²) in [6.45, 7) is 6.86. The molecule has 1 spiro atoms. The van der Waals surface area contributed by atoms with Crippen molar-refractivity contribution < 1.29 is 14.3 Å². The van der Waals surface area contributed by atoms with Gasteiger partial charge in [-0.3, -0.25) is 19.2 Å². The van der Waals surface area contributed by atoms with E-state index >= 15 is 0 Å². The van der Waals surface area contributed by atoms with Crippen LogP contribution in [0.5, 0.6) is 5.75 Å². The quantitative estimate of drug-likeness (QED) is 0.756. The predicted octanol–water partition coefficient (Wildman–Crippen LogP) is 3.11. The molecule has 1 saturated heterocycles. The molecular weight excluding hydrogens is 418 g/mol. The maximum atomic E-state index is 13.9. The van der Waals surface area contributed by atoms with E-state index in [1.165, 1.54) is 0 Å². The van der Waals surface area contributed by atoms with Crippen LogP contribution in [0.3, 0.4) is 0 Å². The van der Waals surface area contributed by atoms with Crippen molar-refractivity contribution in [2.75, 3.05) is 31.6 Å². The molecule has 2 aromatic rings. The molecule has 33 heavy (non-hydrogen) atoms. The first-order valence-corrected chi connectivity index (χ1v) is 11.9. The van der Waals surface area contributed by atoms with Crippen LogP contribution in [0.2, 0.25) is 0 Å². The summed E-state index contributed by atoms with van der Waals surface area (Å²) in [4.78, 5) is 30.2. The molecule has 2 aliphatic rings. The Balaban J connectivity index is 1.64. The van der Waals surface area contributed by atoms with Crippen LogP contribution in [-0.4, -0.2) is 63.2 Å². The normalized spacial score (nSPS) is 22.6. The molecule has 0 bridgehead atoms. The van der Waals surface area contributed by atoms with E-state index in [2.05, 4.69) is 22.2 Å². The van der Waals surface area contributed by atoms with Crippen LogP contribution in [0, 0.1) is 6.92 Å². The lowest BCUT2D eigenvalue weighted by Gasteiger charge is -2.37. The van der Waals surface area contributed by atoms with Crippen LogP contribution >= 0.6 is 0 Å². The van der Waals surface area contributed by atoms with E-state index in [0.29, 0.717) is 37.7 Å². The van der Waals surface area contributed by atoms with Gasteiger partial charge in [0.15, 0.2) is 0 Å². The molecule has 1 N–H and O–H groups in total. The largest absolute Gasteiger partial charge is 0.490 e. The van der Waals surface area contributed by atoms with Crippen LogP contribution in [-0.2, 0) is 23.2 Å². The zero-order valence-corrected chi connectivity index (χ0v) is 20.0. The summed E-state index contributed by atoms with van der Waals surface area (Å²) in [5.41, 5.74) is 2.36. The van der Waals surface area contributed by atoms with Crippen molar-refractivity contribution in [3.63, 3.8) is 0 Å². The number of carbonyl (C=O) groups is 2. The molecule has 3 heterocycles. The zero-order chi connectivity index (χ0) is 23.4. The summed E-state index contributed by atoms with van der Waals surface area (Å²) in [6.07, 6.45) is 6.20. The van der Waals surface area contributed by atoms with Gasteiger partial charge in [0.1, 0.15) is 17.9 Å². The molecule has 0 unspecified atom stereocenters. The van der Waals surface area contributed by atoms with Gasteiger partial charge in [0.2, 0.25) is 11.8 Å². The summed E-state index contributed by atoms with van der Waals surface area (Å²) in [7, 11) is 1.95. The smallest absolute Gasteiger partial charge is 0.245 e. The molecular formula is C25H35N5O3. The number of nitrogens with zero attached hydrogens (tertiary/aromatic N) is 4. The van der Waals surface area contributed by atoms with Gasteiger partial charge in [-0.15, -0.1) is 0 Å². The van der Waals surface area contributed by atoms with Crippen molar-refractivity contribution >= 4 is 17.5 Å². The Morgan fingerprint density at radius 1 is 1.15 bits per heavy atom. The molecule has 8 heteroatoms. The van der Waals surface area contributed by atoms with Crippen LogP contribution in [0.1, 0.15) is 50.3 Å². The van der Waals surface area contributed by atoms with Crippen LogP contribution in [0.25, 0.3) is 0 Å². The highest BCUT2D eigenvalue weighted by Crippen LogP contribution is 2.38. The van der Waals surface area contributed by atoms with Gasteiger partial charge < -0.3 is 15.0 Å². The Morgan fingerprint density at radius 2 is 1.94 bits per heavy atom. The molecule has 2 amide bonds. The number of benzene rings is 1. The summed E-state index contributed by atoms with van der Waals surface area (Å²) < 4.78 is 7.87. The number of para-hydroxylation sites is 2. The number of anilines is 1. The minimum Gasteiger partial charge on any atom is -0.490 e. The van der Waals surface area contributed by atoms with Crippen molar-refractivity contribution in [1.82, 2.24) is 19.6 Å². The Morgan fingerprint density at radius 3 is 2.70 bits per heavy atom. The first-order chi connectivity index (χ1) is 15.9. The number of hydrogen-bond acceptors (Lipinski definition) is 5. The summed E-state index contributed by atoms with van der Waals surface area (Å²) >= 11 is 0. The number of carbonyl (C=O) groups excluding carboxylic acids is 2. The fraction of sp³-hybridized carbons (Fsp3) is 0.560. The van der Waals surface area contributed by atoms with Crippen LogP contribution in [0.4, 0.5) is 5.69 Å². The highest BCUT2D eigenvalue weighted by molar-refractivity contribution is 5.99. The predicted molar refractivity (Wildman–Crippen MR) is 127 cm³/mol. The molecule has 1 aromatic carbocycles. The monoisotopic (exact) mass is 453 g/mol. The maximum absolute atomic E-state index is 13.9. The third-order valence-electron chi connectivity index (χ3n) is 7.21. The van der Waals surface area contributed by atoms with E-state index < -0.39 is 5.54 Å². The fourth-order valence-corrected chi connectivity index (χ4v) is 5.07. The molecule has 0 saturated carbocycles. The third kappa shape index (κ3) is 4.90. The Labute approximate surface area is 195 Å². The number of nitrogens with one attached hydrogen (secondary N) is 1. The molecule has 178 valence electrons. The summed E-state index contributed by atoms with van der Waals surface area (Å²) in [6, 6.07) is 7.55. The lowest BCUT2D eigenvalue weighted by atomic mass is 9.87. The maximum Gasteiger partial charge on any atom is 0.245 e. The first kappa shape index (κ1) is 23.3. The second-order valence-electron chi connectivity index (χ2n) is 9.20. The number of ether oxygens (including phenoxy) is 1. The van der Waals surface area contributed by atoms with Gasteiger partial charge in [-0.25, -0.2) is 0 Å². The highest BCUT2D eigenvalue weighted by Gasteiger charge is 2.47. The van der Waals surface area contributed by atoms with Gasteiger partial charge in [-0.2, -0.15) is 5.10 Å². The van der Waals surface area contributed by atoms with E-state index in [1.807, 2.05) is 47.1 Å². The van der Waals surface area contributed by atoms with Crippen molar-refractivity contribution in [3.8, 4) is 5.75 Å². The zero-order valence-electron chi connectivity index (χ0n) is 20.0.